The van der Waals surface area contributed by atoms with E-state index in [1.165, 1.54) is 12.1 Å². The van der Waals surface area contributed by atoms with Crippen molar-refractivity contribution in [2.45, 2.75) is 37.6 Å². The second-order valence-corrected chi connectivity index (χ2v) is 11.1. The van der Waals surface area contributed by atoms with Gasteiger partial charge in [0, 0.05) is 5.41 Å². The van der Waals surface area contributed by atoms with Crippen molar-refractivity contribution in [2.24, 2.45) is 5.41 Å². The molecule has 1 saturated heterocycles. The number of rotatable bonds is 10. The maximum Gasteiger partial charge on any atom is 0.266 e. The summed E-state index contributed by atoms with van der Waals surface area (Å²) in [6.45, 7) is 4.83. The van der Waals surface area contributed by atoms with E-state index in [-0.39, 0.29) is 11.4 Å². The Labute approximate surface area is 200 Å². The Morgan fingerprint density at radius 2 is 1.62 bits per heavy atom. The normalized spacial score (nSPS) is 15.5. The Bertz CT molecular complexity index is 1080. The fourth-order valence-corrected chi connectivity index (χ4v) is 5.89. The van der Waals surface area contributed by atoms with Crippen LogP contribution in [-0.4, -0.2) is 61.8 Å². The lowest BCUT2D eigenvalue weighted by Crippen LogP contribution is -2.57. The summed E-state index contributed by atoms with van der Waals surface area (Å²) in [4.78, 5) is 26.9. The number of amides is 2. The van der Waals surface area contributed by atoms with Gasteiger partial charge in [-0.05, 0) is 62.3 Å². The fourth-order valence-electron chi connectivity index (χ4n) is 4.03. The van der Waals surface area contributed by atoms with Gasteiger partial charge in [0.05, 0.1) is 17.2 Å². The van der Waals surface area contributed by atoms with Gasteiger partial charge in [0.25, 0.3) is 5.91 Å². The SMILES string of the molecule is CC(C)(CS(=O)(=O)c1ccc(Oc2ccccc2)cc1)[C@H](NC(=O)CN1CCCC1)C(=O)NO. The molecule has 1 fully saturated rings. The molecule has 1 aliphatic rings. The van der Waals surface area contributed by atoms with Crippen molar-refractivity contribution in [3.8, 4) is 11.5 Å². The molecule has 1 aliphatic heterocycles. The largest absolute Gasteiger partial charge is 0.457 e. The Kier molecular flexibility index (Phi) is 8.29. The van der Waals surface area contributed by atoms with E-state index in [2.05, 4.69) is 5.32 Å². The van der Waals surface area contributed by atoms with E-state index in [9.17, 15) is 23.2 Å². The highest BCUT2D eigenvalue weighted by atomic mass is 32.2. The van der Waals surface area contributed by atoms with Crippen LogP contribution in [0.3, 0.4) is 0 Å². The molecule has 0 radical (unpaired) electrons. The molecule has 2 amide bonds. The number of hydroxylamine groups is 1. The first-order chi connectivity index (χ1) is 16.1. The molecule has 0 saturated carbocycles. The summed E-state index contributed by atoms with van der Waals surface area (Å²) in [7, 11) is -3.83. The smallest absolute Gasteiger partial charge is 0.266 e. The van der Waals surface area contributed by atoms with Crippen molar-refractivity contribution >= 4 is 21.7 Å². The summed E-state index contributed by atoms with van der Waals surface area (Å²) in [5.41, 5.74) is 0.331. The molecule has 10 heteroatoms. The zero-order valence-corrected chi connectivity index (χ0v) is 20.2. The molecule has 184 valence electrons. The lowest BCUT2D eigenvalue weighted by molar-refractivity contribution is -0.137. The first kappa shape index (κ1) is 25.7. The average Bonchev–Trinajstić information content (AvgIpc) is 3.30. The van der Waals surface area contributed by atoms with E-state index in [0.717, 1.165) is 25.9 Å². The lowest BCUT2D eigenvalue weighted by atomic mass is 9.86. The van der Waals surface area contributed by atoms with E-state index >= 15 is 0 Å². The predicted octanol–water partition coefficient (Wildman–Crippen LogP) is 2.36. The third kappa shape index (κ3) is 6.78. The van der Waals surface area contributed by atoms with Gasteiger partial charge < -0.3 is 10.1 Å². The zero-order chi connectivity index (χ0) is 24.8. The van der Waals surface area contributed by atoms with Gasteiger partial charge in [0.15, 0.2) is 9.84 Å². The third-order valence-corrected chi connectivity index (χ3v) is 7.86. The van der Waals surface area contributed by atoms with Gasteiger partial charge in [-0.15, -0.1) is 0 Å². The number of likely N-dealkylation sites (tertiary alicyclic amines) is 1. The molecule has 0 aromatic heterocycles. The summed E-state index contributed by atoms with van der Waals surface area (Å²) < 4.78 is 32.0. The van der Waals surface area contributed by atoms with Crippen LogP contribution >= 0.6 is 0 Å². The summed E-state index contributed by atoms with van der Waals surface area (Å²) in [5.74, 6) is -0.594. The van der Waals surface area contributed by atoms with Gasteiger partial charge in [0.1, 0.15) is 17.5 Å². The maximum absolute atomic E-state index is 13.1. The number of nitrogens with one attached hydrogen (secondary N) is 2. The zero-order valence-electron chi connectivity index (χ0n) is 19.4. The van der Waals surface area contributed by atoms with E-state index in [1.807, 2.05) is 23.1 Å². The number of ether oxygens (including phenoxy) is 1. The van der Waals surface area contributed by atoms with Crippen molar-refractivity contribution < 1.29 is 28.0 Å². The lowest BCUT2D eigenvalue weighted by Gasteiger charge is -2.33. The number of hydrogen-bond acceptors (Lipinski definition) is 7. The molecule has 3 rings (SSSR count). The van der Waals surface area contributed by atoms with Crippen LogP contribution in [0.1, 0.15) is 26.7 Å². The number of sulfone groups is 1. The molecule has 3 N–H and O–H groups in total. The van der Waals surface area contributed by atoms with Gasteiger partial charge in [-0.25, -0.2) is 13.9 Å². The molecule has 0 bridgehead atoms. The van der Waals surface area contributed by atoms with Gasteiger partial charge in [-0.1, -0.05) is 32.0 Å². The molecule has 0 spiro atoms. The number of para-hydroxylation sites is 1. The van der Waals surface area contributed by atoms with Gasteiger partial charge >= 0.3 is 0 Å². The van der Waals surface area contributed by atoms with Crippen LogP contribution in [0.15, 0.2) is 59.5 Å². The van der Waals surface area contributed by atoms with Crippen molar-refractivity contribution in [1.29, 1.82) is 0 Å². The average molecular weight is 490 g/mol. The summed E-state index contributed by atoms with van der Waals surface area (Å²) in [6, 6.07) is 13.9. The van der Waals surface area contributed by atoms with Crippen molar-refractivity contribution in [1.82, 2.24) is 15.7 Å². The highest BCUT2D eigenvalue weighted by Gasteiger charge is 2.40. The first-order valence-corrected chi connectivity index (χ1v) is 12.8. The molecule has 34 heavy (non-hydrogen) atoms. The van der Waals surface area contributed by atoms with Crippen LogP contribution in [0.4, 0.5) is 0 Å². The van der Waals surface area contributed by atoms with E-state index in [1.54, 1.807) is 43.6 Å². The van der Waals surface area contributed by atoms with E-state index in [4.69, 9.17) is 4.74 Å². The quantitative estimate of drug-likeness (QED) is 0.346. The van der Waals surface area contributed by atoms with Crippen LogP contribution in [0.2, 0.25) is 0 Å². The third-order valence-electron chi connectivity index (χ3n) is 5.75. The molecular formula is C24H31N3O6S. The van der Waals surface area contributed by atoms with Crippen molar-refractivity contribution in [3.63, 3.8) is 0 Å². The molecule has 1 atom stereocenters. The monoisotopic (exact) mass is 489 g/mol. The van der Waals surface area contributed by atoms with Crippen LogP contribution in [-0.2, 0) is 19.4 Å². The molecule has 9 nitrogen and oxygen atoms in total. The van der Waals surface area contributed by atoms with Crippen LogP contribution in [0.5, 0.6) is 11.5 Å². The van der Waals surface area contributed by atoms with Crippen molar-refractivity contribution in [2.75, 3.05) is 25.4 Å². The summed E-state index contributed by atoms with van der Waals surface area (Å²) >= 11 is 0. The standard InChI is InChI=1S/C24H31N3O6S/c1-24(2,22(23(29)26-30)25-21(28)16-27-14-6-7-15-27)17-34(31,32)20-12-10-19(11-13-20)33-18-8-4-3-5-9-18/h3-5,8-13,22,30H,6-7,14-17H2,1-2H3,(H,25,28)(H,26,29)/t22-/m1/s1. The van der Waals surface area contributed by atoms with Crippen LogP contribution in [0.25, 0.3) is 0 Å². The molecule has 0 aliphatic carbocycles. The number of hydrogen-bond donors (Lipinski definition) is 3. The number of carbonyl (C=O) groups excluding carboxylic acids is 2. The molecule has 2 aromatic carbocycles. The highest BCUT2D eigenvalue weighted by Crippen LogP contribution is 2.29. The molecular weight excluding hydrogens is 458 g/mol. The minimum absolute atomic E-state index is 0.0625. The molecule has 2 aromatic rings. The summed E-state index contributed by atoms with van der Waals surface area (Å²) in [5, 5.41) is 11.8. The topological polar surface area (TPSA) is 125 Å². The Hall–Kier alpha value is -2.95. The second-order valence-electron chi connectivity index (χ2n) is 9.09. The number of carbonyl (C=O) groups is 2. The van der Waals surface area contributed by atoms with Crippen LogP contribution in [0, 0.1) is 5.41 Å². The minimum atomic E-state index is -3.83. The minimum Gasteiger partial charge on any atom is -0.457 e. The van der Waals surface area contributed by atoms with E-state index in [0.29, 0.717) is 11.5 Å². The molecule has 0 unspecified atom stereocenters. The van der Waals surface area contributed by atoms with Gasteiger partial charge in [0.2, 0.25) is 5.91 Å². The highest BCUT2D eigenvalue weighted by molar-refractivity contribution is 7.91. The van der Waals surface area contributed by atoms with E-state index < -0.39 is 38.9 Å². The Balaban J connectivity index is 1.71. The van der Waals surface area contributed by atoms with Crippen molar-refractivity contribution in [3.05, 3.63) is 54.6 Å². The van der Waals surface area contributed by atoms with Gasteiger partial charge in [-0.2, -0.15) is 0 Å². The maximum atomic E-state index is 13.1. The number of benzene rings is 2. The Morgan fingerprint density at radius 3 is 2.21 bits per heavy atom. The number of nitrogens with zero attached hydrogens (tertiary/aromatic N) is 1. The van der Waals surface area contributed by atoms with Crippen LogP contribution < -0.4 is 15.5 Å². The summed E-state index contributed by atoms with van der Waals surface area (Å²) in [6.07, 6.45) is 2.01. The Morgan fingerprint density at radius 1 is 1.03 bits per heavy atom. The molecule has 1 heterocycles. The second kappa shape index (κ2) is 11.0. The predicted molar refractivity (Wildman–Crippen MR) is 126 cm³/mol. The fraction of sp³-hybridized carbons (Fsp3) is 0.417. The van der Waals surface area contributed by atoms with Gasteiger partial charge in [-0.3, -0.25) is 19.7 Å². The first-order valence-electron chi connectivity index (χ1n) is 11.1.